The van der Waals surface area contributed by atoms with Crippen molar-refractivity contribution in [1.82, 2.24) is 0 Å². The highest BCUT2D eigenvalue weighted by Crippen LogP contribution is 2.68. The molecule has 7 atom stereocenters. The Hall–Kier alpha value is -1.83. The first-order chi connectivity index (χ1) is 10.7. The van der Waals surface area contributed by atoms with Crippen LogP contribution in [0.5, 0.6) is 0 Å². The number of aliphatic hydroxyl groups excluding tert-OH is 1. The van der Waals surface area contributed by atoms with Gasteiger partial charge in [-0.2, -0.15) is 0 Å². The number of hydrogen-bond donors (Lipinski definition) is 1. The third-order valence-corrected chi connectivity index (χ3v) is 6.17. The summed E-state index contributed by atoms with van der Waals surface area (Å²) in [5.41, 5.74) is 0.0751. The topological polar surface area (TPSA) is 49.8 Å². The molecule has 2 heterocycles. The van der Waals surface area contributed by atoms with Gasteiger partial charge in [0.05, 0.1) is 24.5 Å². The van der Waals surface area contributed by atoms with Crippen LogP contribution >= 0.6 is 0 Å². The molecule has 112 valence electrons. The molecule has 2 saturated heterocycles. The second-order valence-corrected chi connectivity index (χ2v) is 6.92. The van der Waals surface area contributed by atoms with Gasteiger partial charge in [0.15, 0.2) is 5.72 Å². The summed E-state index contributed by atoms with van der Waals surface area (Å²) in [6, 6.07) is 9.62. The Balaban J connectivity index is 1.70. The van der Waals surface area contributed by atoms with Gasteiger partial charge in [-0.05, 0) is 30.4 Å². The van der Waals surface area contributed by atoms with Crippen molar-refractivity contribution in [1.29, 1.82) is 0 Å². The smallest absolute Gasteiger partial charge is 0.233 e. The molecular weight excluding hydrogens is 278 g/mol. The van der Waals surface area contributed by atoms with Gasteiger partial charge in [-0.25, -0.2) is 0 Å². The van der Waals surface area contributed by atoms with Crippen LogP contribution in [-0.4, -0.2) is 28.9 Å². The number of carbonyl (C=O) groups is 1. The maximum Gasteiger partial charge on any atom is 0.233 e. The summed E-state index contributed by atoms with van der Waals surface area (Å²) in [6.45, 7) is 0. The third-order valence-electron chi connectivity index (χ3n) is 6.17. The normalized spacial score (nSPS) is 47.3. The van der Waals surface area contributed by atoms with Gasteiger partial charge in [0.2, 0.25) is 5.91 Å². The first kappa shape index (κ1) is 12.7. The van der Waals surface area contributed by atoms with E-state index in [0.717, 1.165) is 12.1 Å². The number of terminal acetylenes is 1. The first-order valence-electron chi connectivity index (χ1n) is 7.87. The van der Waals surface area contributed by atoms with Crippen LogP contribution in [0.2, 0.25) is 0 Å². The molecule has 1 aromatic carbocycles. The number of carbonyl (C=O) groups excluding carboxylic acids is 1. The summed E-state index contributed by atoms with van der Waals surface area (Å²) in [5, 5.41) is 10.4. The van der Waals surface area contributed by atoms with Crippen LogP contribution in [0.25, 0.3) is 0 Å². The molecule has 1 aromatic rings. The standard InChI is InChI=1S/C18H17NO3/c1-2-8-18-14-12-9-11(15(20)16(12)22-18)13(14)17(21)19(18)10-6-4-3-5-7-10/h1,3-7,11-16,20H,8-9H2. The fourth-order valence-electron chi connectivity index (χ4n) is 5.60. The summed E-state index contributed by atoms with van der Waals surface area (Å²) in [6.07, 6.45) is 6.20. The van der Waals surface area contributed by atoms with Crippen molar-refractivity contribution in [2.24, 2.45) is 23.7 Å². The molecule has 22 heavy (non-hydrogen) atoms. The monoisotopic (exact) mass is 295 g/mol. The molecule has 0 aromatic heterocycles. The van der Waals surface area contributed by atoms with E-state index in [4.69, 9.17) is 11.2 Å². The quantitative estimate of drug-likeness (QED) is 0.839. The first-order valence-corrected chi connectivity index (χ1v) is 7.87. The van der Waals surface area contributed by atoms with Crippen molar-refractivity contribution in [2.75, 3.05) is 4.90 Å². The minimum absolute atomic E-state index is 0.0286. The number of para-hydroxylation sites is 1. The van der Waals surface area contributed by atoms with Crippen molar-refractivity contribution >= 4 is 11.6 Å². The van der Waals surface area contributed by atoms with Crippen LogP contribution in [0.3, 0.4) is 0 Å². The van der Waals surface area contributed by atoms with Crippen LogP contribution in [0.15, 0.2) is 30.3 Å². The van der Waals surface area contributed by atoms with E-state index in [-0.39, 0.29) is 35.7 Å². The molecule has 1 amide bonds. The van der Waals surface area contributed by atoms with Gasteiger partial charge in [-0.3, -0.25) is 9.69 Å². The van der Waals surface area contributed by atoms with Crippen LogP contribution in [-0.2, 0) is 9.53 Å². The number of rotatable bonds is 2. The molecule has 0 radical (unpaired) electrons. The van der Waals surface area contributed by atoms with Gasteiger partial charge in [-0.1, -0.05) is 18.2 Å². The minimum atomic E-state index is -0.764. The fraction of sp³-hybridized carbons (Fsp3) is 0.500. The second kappa shape index (κ2) is 3.92. The lowest BCUT2D eigenvalue weighted by Gasteiger charge is -2.37. The highest BCUT2D eigenvalue weighted by Gasteiger charge is 2.78. The number of anilines is 1. The third kappa shape index (κ3) is 1.19. The van der Waals surface area contributed by atoms with E-state index in [0.29, 0.717) is 6.42 Å². The van der Waals surface area contributed by atoms with Gasteiger partial charge in [0.25, 0.3) is 0 Å². The Kier molecular flexibility index (Phi) is 2.26. The molecule has 4 heteroatoms. The van der Waals surface area contributed by atoms with E-state index < -0.39 is 11.8 Å². The highest BCUT2D eigenvalue weighted by atomic mass is 16.6. The lowest BCUT2D eigenvalue weighted by molar-refractivity contribution is -0.132. The Morgan fingerprint density at radius 1 is 1.36 bits per heavy atom. The molecule has 1 N–H and O–H groups in total. The molecule has 2 aliphatic carbocycles. The number of ether oxygens (including phenoxy) is 1. The van der Waals surface area contributed by atoms with Gasteiger partial charge in [0.1, 0.15) is 0 Å². The second-order valence-electron chi connectivity index (χ2n) is 6.92. The van der Waals surface area contributed by atoms with Crippen molar-refractivity contribution in [3.05, 3.63) is 30.3 Å². The summed E-state index contributed by atoms with van der Waals surface area (Å²) in [5.74, 6) is 3.04. The summed E-state index contributed by atoms with van der Waals surface area (Å²) in [4.78, 5) is 14.9. The van der Waals surface area contributed by atoms with E-state index in [1.54, 1.807) is 4.90 Å². The zero-order chi connectivity index (χ0) is 15.1. The molecule has 0 spiro atoms. The van der Waals surface area contributed by atoms with Gasteiger partial charge in [0, 0.05) is 11.6 Å². The summed E-state index contributed by atoms with van der Waals surface area (Å²) >= 11 is 0. The average Bonchev–Trinajstić information content (AvgIpc) is 3.17. The van der Waals surface area contributed by atoms with Gasteiger partial charge < -0.3 is 9.84 Å². The maximum atomic E-state index is 13.1. The molecule has 2 saturated carbocycles. The predicted octanol–water partition coefficient (Wildman–Crippen LogP) is 1.39. The van der Waals surface area contributed by atoms with Crippen LogP contribution in [0.1, 0.15) is 12.8 Å². The Bertz CT molecular complexity index is 696. The molecule has 4 nitrogen and oxygen atoms in total. The number of amides is 1. The Morgan fingerprint density at radius 2 is 2.14 bits per heavy atom. The van der Waals surface area contributed by atoms with E-state index in [1.807, 2.05) is 30.3 Å². The van der Waals surface area contributed by atoms with E-state index in [9.17, 15) is 9.90 Å². The summed E-state index contributed by atoms with van der Waals surface area (Å²) < 4.78 is 6.32. The number of benzene rings is 1. The maximum absolute atomic E-state index is 13.1. The van der Waals surface area contributed by atoms with E-state index >= 15 is 0 Å². The van der Waals surface area contributed by atoms with Crippen molar-refractivity contribution in [3.8, 4) is 12.3 Å². The van der Waals surface area contributed by atoms with E-state index in [1.165, 1.54) is 0 Å². The molecule has 2 bridgehead atoms. The van der Waals surface area contributed by atoms with Crippen molar-refractivity contribution in [2.45, 2.75) is 30.8 Å². The lowest BCUT2D eigenvalue weighted by Crippen LogP contribution is -2.51. The lowest BCUT2D eigenvalue weighted by atomic mass is 9.76. The zero-order valence-corrected chi connectivity index (χ0v) is 12.1. The van der Waals surface area contributed by atoms with Crippen LogP contribution in [0.4, 0.5) is 5.69 Å². The highest BCUT2D eigenvalue weighted by molar-refractivity contribution is 6.00. The molecular formula is C18H17NO3. The van der Waals surface area contributed by atoms with Gasteiger partial charge >= 0.3 is 0 Å². The largest absolute Gasteiger partial charge is 0.390 e. The Morgan fingerprint density at radius 3 is 2.86 bits per heavy atom. The van der Waals surface area contributed by atoms with Crippen molar-refractivity contribution in [3.63, 3.8) is 0 Å². The predicted molar refractivity (Wildman–Crippen MR) is 79.6 cm³/mol. The molecule has 4 aliphatic rings. The van der Waals surface area contributed by atoms with Gasteiger partial charge in [-0.15, -0.1) is 12.3 Å². The molecule has 7 unspecified atom stereocenters. The number of nitrogens with zero attached hydrogens (tertiary/aromatic N) is 1. The number of fused-ring (bicyclic) bond motifs is 2. The molecule has 5 rings (SSSR count). The molecule has 4 fully saturated rings. The van der Waals surface area contributed by atoms with Crippen LogP contribution < -0.4 is 4.90 Å². The fourth-order valence-corrected chi connectivity index (χ4v) is 5.60. The number of aliphatic hydroxyl groups is 1. The van der Waals surface area contributed by atoms with E-state index in [2.05, 4.69) is 5.92 Å². The zero-order valence-electron chi connectivity index (χ0n) is 12.1. The molecule has 2 aliphatic heterocycles. The summed E-state index contributed by atoms with van der Waals surface area (Å²) in [7, 11) is 0. The average molecular weight is 295 g/mol. The van der Waals surface area contributed by atoms with Crippen molar-refractivity contribution < 1.29 is 14.6 Å². The SMILES string of the molecule is C#CCC12OC3C(O)C4CC3C1C4C(=O)N2c1ccccc1. The Labute approximate surface area is 129 Å². The van der Waals surface area contributed by atoms with Crippen LogP contribution in [0, 0.1) is 36.0 Å². The minimum Gasteiger partial charge on any atom is -0.390 e. The number of hydrogen-bond acceptors (Lipinski definition) is 3.